The molecule has 5 nitrogen and oxygen atoms in total. The van der Waals surface area contributed by atoms with E-state index < -0.39 is 0 Å². The molecule has 0 spiro atoms. The molecule has 5 heteroatoms. The van der Waals surface area contributed by atoms with E-state index in [0.29, 0.717) is 32.3 Å². The maximum atomic E-state index is 12.0. The number of ether oxygens (including phenoxy) is 2. The van der Waals surface area contributed by atoms with E-state index in [-0.39, 0.29) is 24.6 Å². The van der Waals surface area contributed by atoms with Crippen molar-refractivity contribution >= 4 is 11.9 Å². The standard InChI is InChI=1S/C41H81NO4/c1-3-5-7-9-11-13-15-17-19-21-23-25-27-29-31-35-40(43)45-37-33-34-39(42)38-46-41(44)36-32-30-28-26-24-22-20-18-16-14-12-10-8-6-4-2/h39H,3-38,42H2,1-2H3. The number of nitrogens with two attached hydrogens (primary N) is 1. The highest BCUT2D eigenvalue weighted by Gasteiger charge is 2.09. The summed E-state index contributed by atoms with van der Waals surface area (Å²) in [6.07, 6.45) is 42.0. The van der Waals surface area contributed by atoms with Crippen LogP contribution in [-0.2, 0) is 19.1 Å². The summed E-state index contributed by atoms with van der Waals surface area (Å²) in [7, 11) is 0. The first kappa shape index (κ1) is 44.9. The molecule has 0 radical (unpaired) electrons. The fourth-order valence-electron chi connectivity index (χ4n) is 6.24. The van der Waals surface area contributed by atoms with Gasteiger partial charge in [0, 0.05) is 18.9 Å². The first-order chi connectivity index (χ1) is 22.6. The molecule has 0 aliphatic heterocycles. The van der Waals surface area contributed by atoms with E-state index >= 15 is 0 Å². The molecule has 0 fully saturated rings. The van der Waals surface area contributed by atoms with Gasteiger partial charge in [0.2, 0.25) is 0 Å². The molecule has 0 bridgehead atoms. The van der Waals surface area contributed by atoms with E-state index in [1.165, 1.54) is 167 Å². The zero-order valence-corrected chi connectivity index (χ0v) is 31.2. The van der Waals surface area contributed by atoms with E-state index in [2.05, 4.69) is 13.8 Å². The molecule has 274 valence electrons. The van der Waals surface area contributed by atoms with Crippen LogP contribution < -0.4 is 5.73 Å². The van der Waals surface area contributed by atoms with Gasteiger partial charge in [0.1, 0.15) is 6.61 Å². The molecule has 2 N–H and O–H groups in total. The Morgan fingerprint density at radius 1 is 0.413 bits per heavy atom. The Balaban J connectivity index is 3.36. The first-order valence-electron chi connectivity index (χ1n) is 20.7. The molecule has 0 aliphatic carbocycles. The van der Waals surface area contributed by atoms with Crippen LogP contribution in [0.5, 0.6) is 0 Å². The molecular formula is C41H81NO4. The van der Waals surface area contributed by atoms with Gasteiger partial charge in [-0.1, -0.05) is 194 Å². The Bertz CT molecular complexity index is 626. The summed E-state index contributed by atoms with van der Waals surface area (Å²) in [4.78, 5) is 24.0. The van der Waals surface area contributed by atoms with Crippen LogP contribution >= 0.6 is 0 Å². The monoisotopic (exact) mass is 652 g/mol. The fourth-order valence-corrected chi connectivity index (χ4v) is 6.24. The van der Waals surface area contributed by atoms with Gasteiger partial charge in [-0.3, -0.25) is 9.59 Å². The predicted molar refractivity (Wildman–Crippen MR) is 198 cm³/mol. The second-order valence-corrected chi connectivity index (χ2v) is 14.2. The Hall–Kier alpha value is -1.10. The SMILES string of the molecule is CCCCCCCCCCCCCCCCCC(=O)OCCCC(N)COC(=O)CCCCCCCCCCCCCCCCC. The average molecular weight is 652 g/mol. The number of esters is 2. The van der Waals surface area contributed by atoms with Crippen molar-refractivity contribution in [2.75, 3.05) is 13.2 Å². The highest BCUT2D eigenvalue weighted by molar-refractivity contribution is 5.69. The fraction of sp³-hybridized carbons (Fsp3) is 0.951. The normalized spacial score (nSPS) is 12.0. The van der Waals surface area contributed by atoms with Gasteiger partial charge in [-0.05, 0) is 25.7 Å². The number of unbranched alkanes of at least 4 members (excludes halogenated alkanes) is 28. The van der Waals surface area contributed by atoms with Crippen molar-refractivity contribution in [3.63, 3.8) is 0 Å². The molecule has 0 aromatic carbocycles. The summed E-state index contributed by atoms with van der Waals surface area (Å²) in [5.74, 6) is -0.238. The molecule has 0 amide bonds. The Labute approximate surface area is 287 Å². The van der Waals surface area contributed by atoms with Gasteiger partial charge in [-0.15, -0.1) is 0 Å². The van der Waals surface area contributed by atoms with Crippen LogP contribution in [0, 0.1) is 0 Å². The molecule has 0 saturated heterocycles. The van der Waals surface area contributed by atoms with Gasteiger partial charge in [0.05, 0.1) is 6.61 Å². The molecule has 46 heavy (non-hydrogen) atoms. The van der Waals surface area contributed by atoms with Crippen molar-refractivity contribution in [3.8, 4) is 0 Å². The lowest BCUT2D eigenvalue weighted by atomic mass is 10.0. The lowest BCUT2D eigenvalue weighted by molar-refractivity contribution is -0.144. The van der Waals surface area contributed by atoms with Crippen molar-refractivity contribution in [3.05, 3.63) is 0 Å². The Morgan fingerprint density at radius 2 is 0.696 bits per heavy atom. The molecule has 0 aliphatic rings. The topological polar surface area (TPSA) is 78.6 Å². The predicted octanol–water partition coefficient (Wildman–Crippen LogP) is 12.7. The average Bonchev–Trinajstić information content (AvgIpc) is 3.05. The Morgan fingerprint density at radius 3 is 1.02 bits per heavy atom. The van der Waals surface area contributed by atoms with Crippen molar-refractivity contribution in [2.45, 2.75) is 238 Å². The van der Waals surface area contributed by atoms with Gasteiger partial charge in [0.25, 0.3) is 0 Å². The van der Waals surface area contributed by atoms with Crippen molar-refractivity contribution in [2.24, 2.45) is 5.73 Å². The molecule has 0 rings (SSSR count). The van der Waals surface area contributed by atoms with Gasteiger partial charge in [-0.25, -0.2) is 0 Å². The summed E-state index contributed by atoms with van der Waals surface area (Å²) in [6, 6.07) is -0.195. The highest BCUT2D eigenvalue weighted by atomic mass is 16.5. The van der Waals surface area contributed by atoms with Gasteiger partial charge >= 0.3 is 11.9 Å². The number of hydrogen-bond donors (Lipinski definition) is 1. The van der Waals surface area contributed by atoms with Gasteiger partial charge in [0.15, 0.2) is 0 Å². The van der Waals surface area contributed by atoms with E-state index in [9.17, 15) is 9.59 Å². The van der Waals surface area contributed by atoms with Crippen LogP contribution in [0.3, 0.4) is 0 Å². The minimum Gasteiger partial charge on any atom is -0.466 e. The molecule has 1 unspecified atom stereocenters. The van der Waals surface area contributed by atoms with E-state index in [4.69, 9.17) is 15.2 Å². The summed E-state index contributed by atoms with van der Waals surface area (Å²) in [5.41, 5.74) is 6.11. The maximum Gasteiger partial charge on any atom is 0.305 e. The van der Waals surface area contributed by atoms with E-state index in [1.54, 1.807) is 0 Å². The zero-order chi connectivity index (χ0) is 33.6. The van der Waals surface area contributed by atoms with Crippen LogP contribution in [0.1, 0.15) is 232 Å². The van der Waals surface area contributed by atoms with E-state index in [1.807, 2.05) is 0 Å². The van der Waals surface area contributed by atoms with Gasteiger partial charge in [-0.2, -0.15) is 0 Å². The highest BCUT2D eigenvalue weighted by Crippen LogP contribution is 2.15. The van der Waals surface area contributed by atoms with Crippen molar-refractivity contribution < 1.29 is 19.1 Å². The smallest absolute Gasteiger partial charge is 0.305 e. The first-order valence-corrected chi connectivity index (χ1v) is 20.7. The second kappa shape index (κ2) is 38.3. The molecule has 0 heterocycles. The largest absolute Gasteiger partial charge is 0.466 e. The minimum absolute atomic E-state index is 0.0989. The molecule has 0 saturated carbocycles. The summed E-state index contributed by atoms with van der Waals surface area (Å²) in [6.45, 7) is 5.21. The third kappa shape index (κ3) is 37.4. The zero-order valence-electron chi connectivity index (χ0n) is 31.2. The molecule has 1 atom stereocenters. The van der Waals surface area contributed by atoms with Crippen molar-refractivity contribution in [1.82, 2.24) is 0 Å². The summed E-state index contributed by atoms with van der Waals surface area (Å²) >= 11 is 0. The second-order valence-electron chi connectivity index (χ2n) is 14.2. The molecular weight excluding hydrogens is 570 g/mol. The van der Waals surface area contributed by atoms with Crippen LogP contribution in [0.4, 0.5) is 0 Å². The maximum absolute atomic E-state index is 12.0. The summed E-state index contributed by atoms with van der Waals surface area (Å²) < 4.78 is 10.7. The number of hydrogen-bond acceptors (Lipinski definition) is 5. The third-order valence-corrected chi connectivity index (χ3v) is 9.41. The van der Waals surface area contributed by atoms with Crippen molar-refractivity contribution in [1.29, 1.82) is 0 Å². The van der Waals surface area contributed by atoms with E-state index in [0.717, 1.165) is 25.7 Å². The number of carbonyl (C=O) groups is 2. The van der Waals surface area contributed by atoms with Gasteiger partial charge < -0.3 is 15.2 Å². The van der Waals surface area contributed by atoms with Crippen LogP contribution in [-0.4, -0.2) is 31.2 Å². The van der Waals surface area contributed by atoms with Crippen LogP contribution in [0.15, 0.2) is 0 Å². The minimum atomic E-state index is -0.195. The van der Waals surface area contributed by atoms with Crippen LogP contribution in [0.2, 0.25) is 0 Å². The lowest BCUT2D eigenvalue weighted by Crippen LogP contribution is -2.28. The lowest BCUT2D eigenvalue weighted by Gasteiger charge is -2.12. The Kier molecular flexibility index (Phi) is 37.4. The van der Waals surface area contributed by atoms with Crippen LogP contribution in [0.25, 0.3) is 0 Å². The number of rotatable bonds is 38. The molecule has 0 aromatic heterocycles. The number of carbonyl (C=O) groups excluding carboxylic acids is 2. The quantitative estimate of drug-likeness (QED) is 0.0531. The molecule has 0 aromatic rings. The third-order valence-electron chi connectivity index (χ3n) is 9.41. The summed E-state index contributed by atoms with van der Waals surface area (Å²) in [5, 5.41) is 0.